The molecule has 1 aromatic carbocycles. The van der Waals surface area contributed by atoms with Gasteiger partial charge in [-0.05, 0) is 50.6 Å². The van der Waals surface area contributed by atoms with Gasteiger partial charge in [0.25, 0.3) is 0 Å². The van der Waals surface area contributed by atoms with Crippen LogP contribution in [0.3, 0.4) is 0 Å². The zero-order valence-corrected chi connectivity index (χ0v) is 17.3. The van der Waals surface area contributed by atoms with Gasteiger partial charge in [-0.3, -0.25) is 9.59 Å². The monoisotopic (exact) mass is 404 g/mol. The maximum atomic E-state index is 12.0. The molecule has 2 rings (SSSR count). The summed E-state index contributed by atoms with van der Waals surface area (Å²) in [5.74, 6) is 5.36. The number of halogens is 1. The molecule has 1 unspecified atom stereocenters. The second kappa shape index (κ2) is 8.06. The topological polar surface area (TPSA) is 34.1 Å². The molecule has 0 saturated carbocycles. The van der Waals surface area contributed by atoms with Crippen molar-refractivity contribution in [1.29, 1.82) is 0 Å². The molecule has 2 nitrogen and oxygen atoms in total. The number of allylic oxidation sites excluding steroid dienone is 4. The van der Waals surface area contributed by atoms with Crippen LogP contribution in [0.1, 0.15) is 33.3 Å². The third-order valence-electron chi connectivity index (χ3n) is 4.18. The van der Waals surface area contributed by atoms with Crippen LogP contribution in [0, 0.1) is 17.3 Å². The van der Waals surface area contributed by atoms with Gasteiger partial charge in [-0.15, -0.1) is 26.2 Å². The van der Waals surface area contributed by atoms with Crippen molar-refractivity contribution in [2.24, 2.45) is 5.41 Å². The number of benzene rings is 1. The molecule has 0 saturated heterocycles. The van der Waals surface area contributed by atoms with Gasteiger partial charge in [-0.2, -0.15) is 0 Å². The molecular weight excluding hydrogens is 383 g/mol. The van der Waals surface area contributed by atoms with Gasteiger partial charge in [-0.1, -0.05) is 42.2 Å². The Morgan fingerprint density at radius 2 is 1.88 bits per heavy atom. The van der Waals surface area contributed by atoms with Crippen molar-refractivity contribution in [3.8, 4) is 11.8 Å². The number of hydrogen-bond donors (Lipinski definition) is 0. The van der Waals surface area contributed by atoms with Gasteiger partial charge < -0.3 is 0 Å². The van der Waals surface area contributed by atoms with Crippen LogP contribution in [0.2, 0.25) is 0 Å². The van der Waals surface area contributed by atoms with Crippen molar-refractivity contribution in [1.82, 2.24) is 0 Å². The fourth-order valence-electron chi connectivity index (χ4n) is 2.60. The summed E-state index contributed by atoms with van der Waals surface area (Å²) in [6, 6.07) is 8.17. The predicted octanol–water partition coefficient (Wildman–Crippen LogP) is 3.75. The van der Waals surface area contributed by atoms with Crippen molar-refractivity contribution in [3.63, 3.8) is 0 Å². The summed E-state index contributed by atoms with van der Waals surface area (Å²) in [6.07, 6.45) is 2.87. The number of carbonyl (C=O) groups excluding carboxylic acids is 2. The molecule has 0 radical (unpaired) electrons. The molecular formula is C20H22BrO2P. The van der Waals surface area contributed by atoms with E-state index in [1.165, 1.54) is 10.9 Å². The molecule has 0 spiro atoms. The quantitative estimate of drug-likeness (QED) is 0.427. The lowest BCUT2D eigenvalue weighted by atomic mass is 9.84. The lowest BCUT2D eigenvalue weighted by Gasteiger charge is -2.15. The van der Waals surface area contributed by atoms with Gasteiger partial charge in [0, 0.05) is 11.1 Å². The Kier molecular flexibility index (Phi) is 6.90. The van der Waals surface area contributed by atoms with E-state index < -0.39 is 11.2 Å². The van der Waals surface area contributed by atoms with E-state index in [4.69, 9.17) is 0 Å². The minimum Gasteiger partial charge on any atom is -0.289 e. The first-order valence-electron chi connectivity index (χ1n) is 7.57. The van der Waals surface area contributed by atoms with Crippen molar-refractivity contribution in [2.45, 2.75) is 34.1 Å². The summed E-state index contributed by atoms with van der Waals surface area (Å²) in [7, 11) is 2.73. The fraction of sp³-hybridized carbons (Fsp3) is 0.300. The van der Waals surface area contributed by atoms with E-state index in [0.29, 0.717) is 11.1 Å². The Labute approximate surface area is 156 Å². The van der Waals surface area contributed by atoms with E-state index in [2.05, 4.69) is 39.3 Å². The van der Waals surface area contributed by atoms with Crippen molar-refractivity contribution in [2.75, 3.05) is 0 Å². The number of rotatable bonds is 2. The Morgan fingerprint density at radius 1 is 1.25 bits per heavy atom. The van der Waals surface area contributed by atoms with E-state index in [0.717, 1.165) is 12.0 Å². The molecule has 1 aliphatic rings. The number of hydrogen-bond acceptors (Lipinski definition) is 2. The lowest BCUT2D eigenvalue weighted by molar-refractivity contribution is -0.136. The van der Waals surface area contributed by atoms with Crippen molar-refractivity contribution < 1.29 is 9.59 Å². The van der Waals surface area contributed by atoms with Crippen LogP contribution in [0.4, 0.5) is 0 Å². The fourth-order valence-corrected chi connectivity index (χ4v) is 2.92. The largest absolute Gasteiger partial charge is 0.289 e. The molecule has 0 heterocycles. The summed E-state index contributed by atoms with van der Waals surface area (Å²) in [4.78, 5) is 23.8. The molecule has 0 amide bonds. The van der Waals surface area contributed by atoms with Crippen LogP contribution < -0.4 is 5.30 Å². The molecule has 0 aliphatic heterocycles. The van der Waals surface area contributed by atoms with Crippen LogP contribution in [0.25, 0.3) is 0 Å². The zero-order chi connectivity index (χ0) is 17.2. The van der Waals surface area contributed by atoms with Gasteiger partial charge in [-0.25, -0.2) is 0 Å². The number of ketones is 2. The normalized spacial score (nSPS) is 16.6. The highest BCUT2D eigenvalue weighted by Gasteiger charge is 2.44. The summed E-state index contributed by atoms with van der Waals surface area (Å²) >= 11 is 0. The van der Waals surface area contributed by atoms with E-state index in [1.54, 1.807) is 20.8 Å². The second-order valence-corrected chi connectivity index (χ2v) is 6.95. The van der Waals surface area contributed by atoms with E-state index in [9.17, 15) is 9.59 Å². The van der Waals surface area contributed by atoms with Crippen LogP contribution in [0.5, 0.6) is 0 Å². The third-order valence-corrected chi connectivity index (χ3v) is 4.75. The van der Waals surface area contributed by atoms with Gasteiger partial charge in [0.15, 0.2) is 0 Å². The maximum absolute atomic E-state index is 12.0. The molecule has 1 atom stereocenters. The molecule has 1 aromatic rings. The van der Waals surface area contributed by atoms with E-state index in [-0.39, 0.29) is 22.8 Å². The summed E-state index contributed by atoms with van der Waals surface area (Å²) in [6.45, 7) is 7.15. The van der Waals surface area contributed by atoms with Crippen molar-refractivity contribution >= 4 is 43.1 Å². The van der Waals surface area contributed by atoms with Crippen LogP contribution in [-0.4, -0.2) is 11.6 Å². The summed E-state index contributed by atoms with van der Waals surface area (Å²) in [5, 5.41) is 1.18. The lowest BCUT2D eigenvalue weighted by Crippen LogP contribution is -2.25. The molecule has 0 fully saturated rings. The zero-order valence-electron chi connectivity index (χ0n) is 14.4. The Balaban J connectivity index is 0.00000288. The Morgan fingerprint density at radius 3 is 2.42 bits per heavy atom. The Bertz CT molecular complexity index is 804. The van der Waals surface area contributed by atoms with Gasteiger partial charge >= 0.3 is 0 Å². The first-order chi connectivity index (χ1) is 10.7. The van der Waals surface area contributed by atoms with Crippen molar-refractivity contribution in [3.05, 3.63) is 52.6 Å². The molecule has 126 valence electrons. The highest BCUT2D eigenvalue weighted by atomic mass is 79.9. The van der Waals surface area contributed by atoms with Gasteiger partial charge in [0.2, 0.25) is 11.6 Å². The molecule has 0 aromatic heterocycles. The van der Waals surface area contributed by atoms with Gasteiger partial charge in [0.05, 0.1) is 5.41 Å². The summed E-state index contributed by atoms with van der Waals surface area (Å²) in [5.41, 5.74) is 2.49. The standard InChI is InChI=1S/C20H21O2P.BrH/c1-13(9-11-15-7-5-6-8-17(15)23)10-12-16-14(2)18(21)19(22)20(16,3)4;/h5-9H,11,23H2,1-4H3;1H. The smallest absolute Gasteiger partial charge is 0.226 e. The van der Waals surface area contributed by atoms with Crippen LogP contribution in [-0.2, 0) is 16.0 Å². The maximum Gasteiger partial charge on any atom is 0.226 e. The first-order valence-corrected chi connectivity index (χ1v) is 8.15. The highest BCUT2D eigenvalue weighted by molar-refractivity contribution is 8.93. The Hall–Kier alpha value is -1.49. The SMILES string of the molecule is Br.CC(C#CC1=C(C)C(=O)C(=O)C1(C)C)=CCc1ccccc1P. The van der Waals surface area contributed by atoms with Crippen LogP contribution >= 0.6 is 26.2 Å². The van der Waals surface area contributed by atoms with Crippen LogP contribution in [0.15, 0.2) is 47.1 Å². The predicted molar refractivity (Wildman–Crippen MR) is 108 cm³/mol. The van der Waals surface area contributed by atoms with E-state index >= 15 is 0 Å². The number of Topliss-reactive ketones (excluding diaryl/α,β-unsaturated/α-hetero) is 2. The second-order valence-electron chi connectivity index (χ2n) is 6.32. The summed E-state index contributed by atoms with van der Waals surface area (Å²) < 4.78 is 0. The van der Waals surface area contributed by atoms with Gasteiger partial charge in [0.1, 0.15) is 0 Å². The average molecular weight is 405 g/mol. The average Bonchev–Trinajstić information content (AvgIpc) is 2.65. The minimum atomic E-state index is -0.804. The molecule has 0 bridgehead atoms. The highest BCUT2D eigenvalue weighted by Crippen LogP contribution is 2.36. The molecule has 24 heavy (non-hydrogen) atoms. The minimum absolute atomic E-state index is 0. The third kappa shape index (κ3) is 4.12. The molecule has 0 N–H and O–H groups in total. The first kappa shape index (κ1) is 20.6. The number of carbonyl (C=O) groups is 2. The molecule has 4 heteroatoms. The molecule has 1 aliphatic carbocycles. The van der Waals surface area contributed by atoms with E-state index in [1.807, 2.05) is 19.1 Å².